The van der Waals surface area contributed by atoms with Crippen LogP contribution in [-0.4, -0.2) is 29.5 Å². The highest BCUT2D eigenvalue weighted by Crippen LogP contribution is 2.29. The van der Waals surface area contributed by atoms with Crippen molar-refractivity contribution in [3.05, 3.63) is 47.0 Å². The van der Waals surface area contributed by atoms with Crippen LogP contribution in [0.15, 0.2) is 24.3 Å². The van der Waals surface area contributed by atoms with E-state index in [1.54, 1.807) is 24.1 Å². The van der Waals surface area contributed by atoms with E-state index >= 15 is 0 Å². The summed E-state index contributed by atoms with van der Waals surface area (Å²) in [6, 6.07) is 6.21. The fourth-order valence-electron chi connectivity index (χ4n) is 2.70. The van der Waals surface area contributed by atoms with Gasteiger partial charge in [-0.05, 0) is 49.6 Å². The van der Waals surface area contributed by atoms with Crippen LogP contribution in [0.3, 0.4) is 0 Å². The molecule has 6 heteroatoms. The van der Waals surface area contributed by atoms with Gasteiger partial charge in [0.25, 0.3) is 5.91 Å². The highest BCUT2D eigenvalue weighted by atomic mass is 19.1. The molecule has 22 heavy (non-hydrogen) atoms. The molecule has 0 unspecified atom stereocenters. The van der Waals surface area contributed by atoms with Crippen LogP contribution in [0.4, 0.5) is 16.0 Å². The zero-order valence-corrected chi connectivity index (χ0v) is 12.6. The molecular weight excluding hydrogens is 283 g/mol. The number of amides is 1. The molecular formula is C16H17FN4O. The molecule has 5 nitrogen and oxygen atoms in total. The fraction of sp³-hybridized carbons (Fsp3) is 0.312. The number of carbonyl (C=O) groups excluding carboxylic acids is 1. The van der Waals surface area contributed by atoms with Crippen molar-refractivity contribution >= 4 is 17.5 Å². The number of aromatic nitrogens is 2. The van der Waals surface area contributed by atoms with Gasteiger partial charge in [0.15, 0.2) is 0 Å². The Morgan fingerprint density at radius 2 is 2.14 bits per heavy atom. The highest BCUT2D eigenvalue weighted by Gasteiger charge is 2.25. The van der Waals surface area contributed by atoms with Crippen LogP contribution in [-0.2, 0) is 6.42 Å². The third kappa shape index (κ3) is 2.64. The number of nitrogens with one attached hydrogen (secondary N) is 1. The van der Waals surface area contributed by atoms with Gasteiger partial charge in [0.2, 0.25) is 5.95 Å². The molecule has 1 aliphatic rings. The maximum Gasteiger partial charge on any atom is 0.277 e. The number of rotatable bonds is 2. The molecule has 0 aliphatic carbocycles. The predicted octanol–water partition coefficient (Wildman–Crippen LogP) is 2.56. The minimum atomic E-state index is -0.275. The second-order valence-electron chi connectivity index (χ2n) is 5.30. The zero-order chi connectivity index (χ0) is 15.7. The van der Waals surface area contributed by atoms with E-state index in [0.29, 0.717) is 18.2 Å². The van der Waals surface area contributed by atoms with Crippen LogP contribution in [0, 0.1) is 12.7 Å². The summed E-state index contributed by atoms with van der Waals surface area (Å²) >= 11 is 0. The van der Waals surface area contributed by atoms with E-state index in [2.05, 4.69) is 15.3 Å². The van der Waals surface area contributed by atoms with Crippen molar-refractivity contribution in [2.45, 2.75) is 19.8 Å². The molecule has 0 saturated heterocycles. The molecule has 2 aromatic rings. The number of hydrogen-bond acceptors (Lipinski definition) is 4. The van der Waals surface area contributed by atoms with Crippen molar-refractivity contribution < 1.29 is 9.18 Å². The summed E-state index contributed by atoms with van der Waals surface area (Å²) in [5.74, 6) is -0.0438. The average molecular weight is 300 g/mol. The molecule has 3 rings (SSSR count). The number of benzene rings is 1. The summed E-state index contributed by atoms with van der Waals surface area (Å²) in [5, 5.41) is 2.85. The first-order chi connectivity index (χ1) is 10.6. The van der Waals surface area contributed by atoms with E-state index in [1.165, 1.54) is 12.1 Å². The topological polar surface area (TPSA) is 58.1 Å². The summed E-state index contributed by atoms with van der Waals surface area (Å²) in [6.45, 7) is 2.42. The smallest absolute Gasteiger partial charge is 0.277 e. The van der Waals surface area contributed by atoms with E-state index < -0.39 is 0 Å². The van der Waals surface area contributed by atoms with Gasteiger partial charge in [-0.25, -0.2) is 14.4 Å². The third-order valence-electron chi connectivity index (χ3n) is 3.70. The average Bonchev–Trinajstić information content (AvgIpc) is 2.52. The normalized spacial score (nSPS) is 13.7. The molecule has 0 atom stereocenters. The first-order valence-electron chi connectivity index (χ1n) is 7.22. The minimum Gasteiger partial charge on any atom is -0.357 e. The lowest BCUT2D eigenvalue weighted by molar-refractivity contribution is 0.0980. The number of hydrogen-bond donors (Lipinski definition) is 1. The lowest BCUT2D eigenvalue weighted by Gasteiger charge is -2.29. The van der Waals surface area contributed by atoms with E-state index in [-0.39, 0.29) is 11.7 Å². The van der Waals surface area contributed by atoms with E-state index in [0.717, 1.165) is 29.8 Å². The standard InChI is InChI=1S/C16H17FN4O/c1-10-8-13(20-16(18-2)19-10)15(22)21-7-3-4-11-9-12(17)5-6-14(11)21/h5-6,8-9H,3-4,7H2,1-2H3,(H,18,19,20). The molecule has 1 aromatic heterocycles. The minimum absolute atomic E-state index is 0.186. The Bertz CT molecular complexity index is 732. The number of aryl methyl sites for hydroxylation is 2. The summed E-state index contributed by atoms with van der Waals surface area (Å²) in [4.78, 5) is 22.9. The first-order valence-corrected chi connectivity index (χ1v) is 7.22. The van der Waals surface area contributed by atoms with Gasteiger partial charge in [-0.15, -0.1) is 0 Å². The Morgan fingerprint density at radius 1 is 1.32 bits per heavy atom. The largest absolute Gasteiger partial charge is 0.357 e. The molecule has 1 aromatic carbocycles. The maximum atomic E-state index is 13.4. The molecule has 0 bridgehead atoms. The molecule has 1 amide bonds. The molecule has 0 spiro atoms. The molecule has 1 N–H and O–H groups in total. The molecule has 114 valence electrons. The molecule has 0 radical (unpaired) electrons. The summed E-state index contributed by atoms with van der Waals surface area (Å²) in [6.07, 6.45) is 1.59. The quantitative estimate of drug-likeness (QED) is 0.926. The lowest BCUT2D eigenvalue weighted by Crippen LogP contribution is -2.36. The number of halogens is 1. The van der Waals surface area contributed by atoms with Crippen LogP contribution >= 0.6 is 0 Å². The molecule has 0 fully saturated rings. The van der Waals surface area contributed by atoms with Crippen molar-refractivity contribution in [2.24, 2.45) is 0 Å². The second kappa shape index (κ2) is 5.71. The van der Waals surface area contributed by atoms with Crippen LogP contribution < -0.4 is 10.2 Å². The van der Waals surface area contributed by atoms with Gasteiger partial charge < -0.3 is 10.2 Å². The summed E-state index contributed by atoms with van der Waals surface area (Å²) < 4.78 is 13.4. The van der Waals surface area contributed by atoms with Crippen LogP contribution in [0.1, 0.15) is 28.2 Å². The van der Waals surface area contributed by atoms with Gasteiger partial charge in [-0.3, -0.25) is 4.79 Å². The Labute approximate surface area is 128 Å². The lowest BCUT2D eigenvalue weighted by atomic mass is 10.0. The second-order valence-corrected chi connectivity index (χ2v) is 5.30. The monoisotopic (exact) mass is 300 g/mol. The SMILES string of the molecule is CNc1nc(C)cc(C(=O)N2CCCc3cc(F)ccc32)n1. The van der Waals surface area contributed by atoms with E-state index in [4.69, 9.17) is 0 Å². The van der Waals surface area contributed by atoms with Crippen LogP contribution in [0.25, 0.3) is 0 Å². The summed E-state index contributed by atoms with van der Waals surface area (Å²) in [5.41, 5.74) is 2.69. The Kier molecular flexibility index (Phi) is 3.75. The number of carbonyl (C=O) groups is 1. The van der Waals surface area contributed by atoms with Crippen molar-refractivity contribution in [2.75, 3.05) is 23.8 Å². The van der Waals surface area contributed by atoms with Crippen molar-refractivity contribution in [3.63, 3.8) is 0 Å². The van der Waals surface area contributed by atoms with Crippen LogP contribution in [0.5, 0.6) is 0 Å². The first kappa shape index (κ1) is 14.4. The maximum absolute atomic E-state index is 13.4. The van der Waals surface area contributed by atoms with Gasteiger partial charge in [-0.1, -0.05) is 0 Å². The van der Waals surface area contributed by atoms with Gasteiger partial charge in [-0.2, -0.15) is 0 Å². The number of fused-ring (bicyclic) bond motifs is 1. The number of anilines is 2. The summed E-state index contributed by atoms with van der Waals surface area (Å²) in [7, 11) is 1.71. The van der Waals surface area contributed by atoms with Gasteiger partial charge in [0.1, 0.15) is 11.5 Å². The predicted molar refractivity (Wildman–Crippen MR) is 82.7 cm³/mol. The fourth-order valence-corrected chi connectivity index (χ4v) is 2.70. The van der Waals surface area contributed by atoms with Crippen LogP contribution in [0.2, 0.25) is 0 Å². The molecule has 0 saturated carbocycles. The van der Waals surface area contributed by atoms with Gasteiger partial charge in [0.05, 0.1) is 0 Å². The highest BCUT2D eigenvalue weighted by molar-refractivity contribution is 6.05. The third-order valence-corrected chi connectivity index (χ3v) is 3.70. The molecule has 1 aliphatic heterocycles. The zero-order valence-electron chi connectivity index (χ0n) is 12.6. The van der Waals surface area contributed by atoms with Crippen molar-refractivity contribution in [1.29, 1.82) is 0 Å². The Morgan fingerprint density at radius 3 is 2.91 bits per heavy atom. The van der Waals surface area contributed by atoms with Gasteiger partial charge in [0, 0.05) is 25.0 Å². The number of nitrogens with zero attached hydrogens (tertiary/aromatic N) is 3. The van der Waals surface area contributed by atoms with Crippen molar-refractivity contribution in [1.82, 2.24) is 9.97 Å². The van der Waals surface area contributed by atoms with E-state index in [1.807, 2.05) is 6.92 Å². The Balaban J connectivity index is 1.99. The van der Waals surface area contributed by atoms with Crippen molar-refractivity contribution in [3.8, 4) is 0 Å². The Hall–Kier alpha value is -2.50. The van der Waals surface area contributed by atoms with E-state index in [9.17, 15) is 9.18 Å². The van der Waals surface area contributed by atoms with Gasteiger partial charge >= 0.3 is 0 Å². The molecule has 2 heterocycles.